The monoisotopic (exact) mass is 614 g/mol. The van der Waals surface area contributed by atoms with Gasteiger partial charge >= 0.3 is 0 Å². The first-order valence-electron chi connectivity index (χ1n) is 16.9. The fourth-order valence-corrected chi connectivity index (χ4v) is 7.99. The maximum absolute atomic E-state index is 14.2. The van der Waals surface area contributed by atoms with Crippen molar-refractivity contribution in [2.45, 2.75) is 89.1 Å². The summed E-state index contributed by atoms with van der Waals surface area (Å²) in [5, 5.41) is 4.43. The van der Waals surface area contributed by atoms with Crippen LogP contribution in [0.1, 0.15) is 97.7 Å². The summed E-state index contributed by atoms with van der Waals surface area (Å²) in [7, 11) is 0. The molecule has 46 heavy (non-hydrogen) atoms. The van der Waals surface area contributed by atoms with E-state index in [9.17, 15) is 14.4 Å². The number of nitrogens with zero attached hydrogens (tertiary/aromatic N) is 1. The molecule has 1 aromatic heterocycles. The van der Waals surface area contributed by atoms with Gasteiger partial charge in [0.2, 0.25) is 0 Å². The molecule has 6 heteroatoms. The van der Waals surface area contributed by atoms with Crippen LogP contribution in [0.4, 0.5) is 0 Å². The summed E-state index contributed by atoms with van der Waals surface area (Å²) in [6, 6.07) is 22.4. The number of rotatable bonds is 9. The largest absolute Gasteiger partial charge is 0.489 e. The Labute approximate surface area is 270 Å². The third-order valence-corrected chi connectivity index (χ3v) is 10.3. The molecule has 3 aliphatic rings. The van der Waals surface area contributed by atoms with E-state index in [1.165, 1.54) is 67.3 Å². The van der Waals surface area contributed by atoms with Gasteiger partial charge in [-0.25, -0.2) is 0 Å². The van der Waals surface area contributed by atoms with Gasteiger partial charge in [-0.05, 0) is 72.9 Å². The molecule has 1 amide bonds. The van der Waals surface area contributed by atoms with Crippen LogP contribution in [0.3, 0.4) is 0 Å². The van der Waals surface area contributed by atoms with E-state index in [2.05, 4.69) is 46.3 Å². The summed E-state index contributed by atoms with van der Waals surface area (Å²) < 4.78 is 8.73. The Kier molecular flexibility index (Phi) is 8.37. The number of carbonyl (C=O) groups is 3. The molecular formula is C40H42N2O4. The van der Waals surface area contributed by atoms with Crippen molar-refractivity contribution < 1.29 is 19.1 Å². The number of allylic oxidation sites excluding steroid dienone is 1. The summed E-state index contributed by atoms with van der Waals surface area (Å²) in [6.45, 7) is 2.75. The lowest BCUT2D eigenvalue weighted by Crippen LogP contribution is -2.53. The minimum atomic E-state index is -0.898. The van der Waals surface area contributed by atoms with Crippen LogP contribution in [-0.2, 0) is 22.6 Å². The zero-order valence-electron chi connectivity index (χ0n) is 26.6. The van der Waals surface area contributed by atoms with E-state index in [1.807, 2.05) is 30.3 Å². The van der Waals surface area contributed by atoms with E-state index < -0.39 is 5.54 Å². The molecule has 0 unspecified atom stereocenters. The summed E-state index contributed by atoms with van der Waals surface area (Å²) >= 11 is 0. The predicted octanol–water partition coefficient (Wildman–Crippen LogP) is 8.21. The van der Waals surface area contributed by atoms with Crippen molar-refractivity contribution in [3.63, 3.8) is 0 Å². The highest BCUT2D eigenvalue weighted by atomic mass is 16.5. The molecule has 2 aliphatic carbocycles. The average molecular weight is 615 g/mol. The Morgan fingerprint density at radius 1 is 0.913 bits per heavy atom. The SMILES string of the molecule is CC(=O)/C=C/c1ccc(CC(=O)C2(NC(=O)c3ccc4c(C5CCCCC5)c(-c5ccccc5)n5c4c3OCC5)CCCC2)cc1. The van der Waals surface area contributed by atoms with Crippen molar-refractivity contribution in [1.82, 2.24) is 9.88 Å². The number of nitrogens with one attached hydrogen (secondary N) is 1. The van der Waals surface area contributed by atoms with Crippen LogP contribution in [0.5, 0.6) is 5.75 Å². The molecule has 2 heterocycles. The van der Waals surface area contributed by atoms with Gasteiger partial charge < -0.3 is 14.6 Å². The van der Waals surface area contributed by atoms with E-state index in [0.717, 1.165) is 36.0 Å². The Hall–Kier alpha value is -4.45. The van der Waals surface area contributed by atoms with Gasteiger partial charge in [-0.3, -0.25) is 14.4 Å². The fourth-order valence-electron chi connectivity index (χ4n) is 7.99. The third-order valence-electron chi connectivity index (χ3n) is 10.3. The first-order chi connectivity index (χ1) is 22.4. The number of carbonyl (C=O) groups excluding carboxylic acids is 3. The smallest absolute Gasteiger partial charge is 0.255 e. The van der Waals surface area contributed by atoms with Crippen molar-refractivity contribution in [1.29, 1.82) is 0 Å². The quantitative estimate of drug-likeness (QED) is 0.193. The van der Waals surface area contributed by atoms with Crippen molar-refractivity contribution in [2.75, 3.05) is 6.61 Å². The number of hydrogen-bond acceptors (Lipinski definition) is 4. The third kappa shape index (κ3) is 5.70. The van der Waals surface area contributed by atoms with Crippen molar-refractivity contribution >= 4 is 34.5 Å². The number of aromatic nitrogens is 1. The van der Waals surface area contributed by atoms with Gasteiger partial charge in [0, 0.05) is 11.8 Å². The maximum Gasteiger partial charge on any atom is 0.255 e. The van der Waals surface area contributed by atoms with Crippen LogP contribution in [0.25, 0.3) is 28.2 Å². The molecule has 2 saturated carbocycles. The number of benzene rings is 3. The molecule has 0 spiro atoms. The number of ketones is 2. The second-order valence-corrected chi connectivity index (χ2v) is 13.3. The van der Waals surface area contributed by atoms with Gasteiger partial charge in [-0.1, -0.05) is 98.8 Å². The highest BCUT2D eigenvalue weighted by molar-refractivity contribution is 6.08. The molecule has 2 fully saturated rings. The Morgan fingerprint density at radius 2 is 1.65 bits per heavy atom. The summed E-state index contributed by atoms with van der Waals surface area (Å²) in [5.74, 6) is 0.904. The molecule has 7 rings (SSSR count). The lowest BCUT2D eigenvalue weighted by Gasteiger charge is -2.30. The topological polar surface area (TPSA) is 77.4 Å². The molecule has 0 atom stereocenters. The van der Waals surface area contributed by atoms with Gasteiger partial charge in [-0.2, -0.15) is 0 Å². The van der Waals surface area contributed by atoms with Gasteiger partial charge in [0.15, 0.2) is 17.3 Å². The Morgan fingerprint density at radius 3 is 2.37 bits per heavy atom. The summed E-state index contributed by atoms with van der Waals surface area (Å²) in [4.78, 5) is 39.4. The zero-order chi connectivity index (χ0) is 31.7. The van der Waals surface area contributed by atoms with Gasteiger partial charge in [0.25, 0.3) is 5.91 Å². The number of Topliss-reactive ketones (excluding diaryl/α,β-unsaturated/α-hetero) is 1. The molecule has 3 aromatic carbocycles. The minimum Gasteiger partial charge on any atom is -0.489 e. The average Bonchev–Trinajstić information content (AvgIpc) is 3.70. The molecule has 0 saturated heterocycles. The van der Waals surface area contributed by atoms with Crippen LogP contribution in [-0.4, -0.2) is 34.2 Å². The van der Waals surface area contributed by atoms with E-state index in [4.69, 9.17) is 4.74 Å². The highest BCUT2D eigenvalue weighted by Gasteiger charge is 2.43. The molecule has 6 nitrogen and oxygen atoms in total. The van der Waals surface area contributed by atoms with Gasteiger partial charge in [0.1, 0.15) is 6.61 Å². The standard InChI is InChI=1S/C40H42N2O4/c1-27(43)14-15-28-16-18-29(19-17-28)26-34(44)40(22-8-9-23-40)41-39(45)33-21-20-32-35(30-10-4-2-5-11-30)36(31-12-6-3-7-13-31)42-24-25-46-38(33)37(32)42/h3,6-7,12-21,30H,2,4-5,8-11,22-26H2,1H3,(H,41,45)/b15-14+. The molecule has 4 aromatic rings. The molecule has 0 bridgehead atoms. The molecule has 236 valence electrons. The first kappa shape index (κ1) is 30.2. The van der Waals surface area contributed by atoms with E-state index in [1.54, 1.807) is 6.08 Å². The molecular weight excluding hydrogens is 572 g/mol. The van der Waals surface area contributed by atoms with Gasteiger partial charge in [-0.15, -0.1) is 0 Å². The van der Waals surface area contributed by atoms with Crippen LogP contribution in [0, 0.1) is 0 Å². The van der Waals surface area contributed by atoms with Crippen LogP contribution >= 0.6 is 0 Å². The van der Waals surface area contributed by atoms with Crippen LogP contribution in [0.15, 0.2) is 72.8 Å². The summed E-state index contributed by atoms with van der Waals surface area (Å²) in [5.41, 5.74) is 6.27. The minimum absolute atomic E-state index is 0.00800. The first-order valence-corrected chi connectivity index (χ1v) is 16.9. The fraction of sp³-hybridized carbons (Fsp3) is 0.375. The second-order valence-electron chi connectivity index (χ2n) is 13.3. The van der Waals surface area contributed by atoms with E-state index >= 15 is 0 Å². The number of hydrogen-bond donors (Lipinski definition) is 1. The lowest BCUT2D eigenvalue weighted by atomic mass is 9.81. The lowest BCUT2D eigenvalue weighted by molar-refractivity contribution is -0.124. The summed E-state index contributed by atoms with van der Waals surface area (Å²) in [6.07, 6.45) is 12.8. The Balaban J connectivity index is 1.21. The molecule has 1 N–H and O–H groups in total. The molecule has 0 radical (unpaired) electrons. The second kappa shape index (κ2) is 12.7. The zero-order valence-corrected chi connectivity index (χ0v) is 26.6. The van der Waals surface area contributed by atoms with Crippen LogP contribution < -0.4 is 10.1 Å². The molecule has 1 aliphatic heterocycles. The van der Waals surface area contributed by atoms with Gasteiger partial charge in [0.05, 0.1) is 28.9 Å². The predicted molar refractivity (Wildman–Crippen MR) is 182 cm³/mol. The number of ether oxygens (including phenoxy) is 1. The maximum atomic E-state index is 14.2. The van der Waals surface area contributed by atoms with E-state index in [-0.39, 0.29) is 23.9 Å². The van der Waals surface area contributed by atoms with Crippen LogP contribution in [0.2, 0.25) is 0 Å². The Bertz CT molecular complexity index is 1800. The van der Waals surface area contributed by atoms with Crippen molar-refractivity contribution in [3.05, 3.63) is 95.1 Å². The highest BCUT2D eigenvalue weighted by Crippen LogP contribution is 2.48. The van der Waals surface area contributed by atoms with E-state index in [0.29, 0.717) is 36.7 Å². The van der Waals surface area contributed by atoms with Crippen molar-refractivity contribution in [2.24, 2.45) is 0 Å². The van der Waals surface area contributed by atoms with Crippen molar-refractivity contribution in [3.8, 4) is 17.0 Å². The number of amides is 1. The normalized spacial score (nSPS) is 17.7.